The fraction of sp³-hybridized carbons (Fsp3) is 0.917. The zero-order valence-electron chi connectivity index (χ0n) is 11.2. The first-order valence-corrected chi connectivity index (χ1v) is 6.31. The first-order chi connectivity index (χ1) is 7.87. The number of hydrogen-bond acceptors (Lipinski definition) is 4. The molecule has 0 aromatic carbocycles. The zero-order valence-corrected chi connectivity index (χ0v) is 11.2. The molecule has 0 unspecified atom stereocenters. The van der Waals surface area contributed by atoms with Crippen LogP contribution >= 0.6 is 0 Å². The molecule has 17 heavy (non-hydrogen) atoms. The van der Waals surface area contributed by atoms with Crippen LogP contribution in [0.1, 0.15) is 33.6 Å². The normalized spacial score (nSPS) is 19.1. The van der Waals surface area contributed by atoms with Gasteiger partial charge in [0.1, 0.15) is 5.60 Å². The van der Waals surface area contributed by atoms with Crippen LogP contribution in [0.25, 0.3) is 0 Å². The SMILES string of the molecule is CC(C)(C)OC(=O)NCCN1CCC(N)CC1. The quantitative estimate of drug-likeness (QED) is 0.774. The third-order valence-corrected chi connectivity index (χ3v) is 2.73. The summed E-state index contributed by atoms with van der Waals surface area (Å²) in [6.45, 7) is 9.13. The molecule has 100 valence electrons. The van der Waals surface area contributed by atoms with E-state index >= 15 is 0 Å². The van der Waals surface area contributed by atoms with Crippen LogP contribution in [0, 0.1) is 0 Å². The minimum atomic E-state index is -0.429. The summed E-state index contributed by atoms with van der Waals surface area (Å²) in [4.78, 5) is 13.7. The Hall–Kier alpha value is -0.810. The summed E-state index contributed by atoms with van der Waals surface area (Å²) in [5.74, 6) is 0. The van der Waals surface area contributed by atoms with Crippen molar-refractivity contribution < 1.29 is 9.53 Å². The highest BCUT2D eigenvalue weighted by Gasteiger charge is 2.17. The van der Waals surface area contributed by atoms with Gasteiger partial charge in [-0.15, -0.1) is 0 Å². The Bertz CT molecular complexity index is 243. The molecule has 1 saturated heterocycles. The Morgan fingerprint density at radius 2 is 2.00 bits per heavy atom. The van der Waals surface area contributed by atoms with Gasteiger partial charge in [0.15, 0.2) is 0 Å². The standard InChI is InChI=1S/C12H25N3O2/c1-12(2,3)17-11(16)14-6-9-15-7-4-10(13)5-8-15/h10H,4-9,13H2,1-3H3,(H,14,16). The number of nitrogens with two attached hydrogens (primary N) is 1. The van der Waals surface area contributed by atoms with Gasteiger partial charge in [0.05, 0.1) is 0 Å². The topological polar surface area (TPSA) is 67.6 Å². The highest BCUT2D eigenvalue weighted by atomic mass is 16.6. The van der Waals surface area contributed by atoms with E-state index in [1.54, 1.807) is 0 Å². The maximum absolute atomic E-state index is 11.4. The van der Waals surface area contributed by atoms with Crippen molar-refractivity contribution in [3.63, 3.8) is 0 Å². The Labute approximate surface area is 104 Å². The first-order valence-electron chi connectivity index (χ1n) is 6.31. The number of carbonyl (C=O) groups is 1. The summed E-state index contributed by atoms with van der Waals surface area (Å²) in [6.07, 6.45) is 1.75. The predicted molar refractivity (Wildman–Crippen MR) is 67.9 cm³/mol. The number of likely N-dealkylation sites (tertiary alicyclic amines) is 1. The van der Waals surface area contributed by atoms with Crippen LogP contribution in [0.3, 0.4) is 0 Å². The van der Waals surface area contributed by atoms with Crippen molar-refractivity contribution >= 4 is 6.09 Å². The van der Waals surface area contributed by atoms with E-state index in [0.29, 0.717) is 12.6 Å². The van der Waals surface area contributed by atoms with Crippen molar-refractivity contribution in [1.29, 1.82) is 0 Å². The zero-order chi connectivity index (χ0) is 12.9. The molecule has 1 rings (SSSR count). The number of hydrogen-bond donors (Lipinski definition) is 2. The lowest BCUT2D eigenvalue weighted by Crippen LogP contribution is -2.43. The van der Waals surface area contributed by atoms with Crippen molar-refractivity contribution in [2.45, 2.75) is 45.3 Å². The molecular weight excluding hydrogens is 218 g/mol. The van der Waals surface area contributed by atoms with Gasteiger partial charge < -0.3 is 20.7 Å². The molecule has 0 spiro atoms. The number of nitrogens with one attached hydrogen (secondary N) is 1. The lowest BCUT2D eigenvalue weighted by molar-refractivity contribution is 0.0520. The fourth-order valence-electron chi connectivity index (χ4n) is 1.81. The van der Waals surface area contributed by atoms with Gasteiger partial charge in [-0.3, -0.25) is 0 Å². The van der Waals surface area contributed by atoms with Gasteiger partial charge in [-0.2, -0.15) is 0 Å². The van der Waals surface area contributed by atoms with Crippen molar-refractivity contribution in [2.75, 3.05) is 26.2 Å². The summed E-state index contributed by atoms with van der Waals surface area (Å²) in [6, 6.07) is 0.352. The monoisotopic (exact) mass is 243 g/mol. The van der Waals surface area contributed by atoms with E-state index in [0.717, 1.165) is 32.5 Å². The van der Waals surface area contributed by atoms with E-state index in [-0.39, 0.29) is 6.09 Å². The van der Waals surface area contributed by atoms with Crippen LogP contribution in [-0.2, 0) is 4.74 Å². The molecule has 0 aromatic heterocycles. The molecule has 1 aliphatic heterocycles. The highest BCUT2D eigenvalue weighted by Crippen LogP contribution is 2.08. The molecule has 0 aromatic rings. The second-order valence-corrected chi connectivity index (χ2v) is 5.61. The van der Waals surface area contributed by atoms with Gasteiger partial charge in [0, 0.05) is 19.1 Å². The van der Waals surface area contributed by atoms with Crippen LogP contribution in [0.15, 0.2) is 0 Å². The molecule has 5 nitrogen and oxygen atoms in total. The lowest BCUT2D eigenvalue weighted by Gasteiger charge is -2.30. The molecule has 5 heteroatoms. The number of amides is 1. The minimum absolute atomic E-state index is 0.341. The molecular formula is C12H25N3O2. The van der Waals surface area contributed by atoms with E-state index in [9.17, 15) is 4.79 Å². The molecule has 3 N–H and O–H groups in total. The molecule has 1 heterocycles. The van der Waals surface area contributed by atoms with E-state index in [4.69, 9.17) is 10.5 Å². The molecule has 1 amide bonds. The third-order valence-electron chi connectivity index (χ3n) is 2.73. The lowest BCUT2D eigenvalue weighted by atomic mass is 10.1. The molecule has 0 bridgehead atoms. The highest BCUT2D eigenvalue weighted by molar-refractivity contribution is 5.67. The Morgan fingerprint density at radius 3 is 2.53 bits per heavy atom. The molecule has 0 atom stereocenters. The Balaban J connectivity index is 2.09. The van der Waals surface area contributed by atoms with Gasteiger partial charge in [-0.05, 0) is 46.7 Å². The van der Waals surface area contributed by atoms with Crippen molar-refractivity contribution in [3.05, 3.63) is 0 Å². The fourth-order valence-corrected chi connectivity index (χ4v) is 1.81. The van der Waals surface area contributed by atoms with E-state index < -0.39 is 5.60 Å². The number of piperidine rings is 1. The van der Waals surface area contributed by atoms with Gasteiger partial charge >= 0.3 is 6.09 Å². The number of ether oxygens (including phenoxy) is 1. The van der Waals surface area contributed by atoms with Crippen LogP contribution in [0.2, 0.25) is 0 Å². The average molecular weight is 243 g/mol. The largest absolute Gasteiger partial charge is 0.444 e. The Morgan fingerprint density at radius 1 is 1.41 bits per heavy atom. The van der Waals surface area contributed by atoms with Crippen molar-refractivity contribution in [2.24, 2.45) is 5.73 Å². The molecule has 1 fully saturated rings. The minimum Gasteiger partial charge on any atom is -0.444 e. The Kier molecular flexibility index (Phi) is 5.21. The van der Waals surface area contributed by atoms with Gasteiger partial charge in [-0.25, -0.2) is 4.79 Å². The van der Waals surface area contributed by atoms with Gasteiger partial charge in [0.2, 0.25) is 0 Å². The molecule has 0 radical (unpaired) electrons. The summed E-state index contributed by atoms with van der Waals surface area (Å²) in [5, 5.41) is 2.76. The van der Waals surface area contributed by atoms with E-state index in [2.05, 4.69) is 10.2 Å². The summed E-state index contributed by atoms with van der Waals surface area (Å²) < 4.78 is 5.16. The first kappa shape index (κ1) is 14.3. The summed E-state index contributed by atoms with van der Waals surface area (Å²) in [5.41, 5.74) is 5.40. The van der Waals surface area contributed by atoms with Gasteiger partial charge in [-0.1, -0.05) is 0 Å². The molecule has 0 aliphatic carbocycles. The second-order valence-electron chi connectivity index (χ2n) is 5.61. The van der Waals surface area contributed by atoms with E-state index in [1.807, 2.05) is 20.8 Å². The van der Waals surface area contributed by atoms with Crippen LogP contribution in [0.4, 0.5) is 4.79 Å². The molecule has 1 aliphatic rings. The smallest absolute Gasteiger partial charge is 0.407 e. The van der Waals surface area contributed by atoms with Crippen molar-refractivity contribution in [1.82, 2.24) is 10.2 Å². The average Bonchev–Trinajstić information content (AvgIpc) is 2.18. The summed E-state index contributed by atoms with van der Waals surface area (Å²) >= 11 is 0. The third kappa shape index (κ3) is 6.48. The van der Waals surface area contributed by atoms with Crippen LogP contribution in [-0.4, -0.2) is 48.8 Å². The van der Waals surface area contributed by atoms with Crippen LogP contribution < -0.4 is 11.1 Å². The van der Waals surface area contributed by atoms with Gasteiger partial charge in [0.25, 0.3) is 0 Å². The number of carbonyl (C=O) groups excluding carboxylic acids is 1. The van der Waals surface area contributed by atoms with Crippen LogP contribution in [0.5, 0.6) is 0 Å². The maximum Gasteiger partial charge on any atom is 0.407 e. The molecule has 0 saturated carbocycles. The van der Waals surface area contributed by atoms with E-state index in [1.165, 1.54) is 0 Å². The summed E-state index contributed by atoms with van der Waals surface area (Å²) in [7, 11) is 0. The maximum atomic E-state index is 11.4. The predicted octanol–water partition coefficient (Wildman–Crippen LogP) is 0.934. The van der Waals surface area contributed by atoms with Crippen molar-refractivity contribution in [3.8, 4) is 0 Å². The number of rotatable bonds is 3. The number of nitrogens with zero attached hydrogens (tertiary/aromatic N) is 1. The number of alkyl carbamates (subject to hydrolysis) is 1. The second kappa shape index (κ2) is 6.21.